The molecule has 3 heterocycles. The second-order valence-electron chi connectivity index (χ2n) is 6.98. The molecule has 1 aromatic carbocycles. The molecule has 1 amide bonds. The number of benzene rings is 1. The molecule has 156 valence electrons. The van der Waals surface area contributed by atoms with Crippen LogP contribution in [-0.4, -0.2) is 72.8 Å². The van der Waals surface area contributed by atoms with Crippen molar-refractivity contribution in [2.24, 2.45) is 0 Å². The van der Waals surface area contributed by atoms with E-state index in [-0.39, 0.29) is 29.4 Å². The number of anilines is 1. The summed E-state index contributed by atoms with van der Waals surface area (Å²) in [6.45, 7) is 4.78. The lowest BCUT2D eigenvalue weighted by Crippen LogP contribution is -2.47. The Hall–Kier alpha value is -2.23. The van der Waals surface area contributed by atoms with E-state index in [1.807, 2.05) is 0 Å². The molecule has 0 saturated carbocycles. The number of carbonyl (C=O) groups is 1. The number of carbonyl (C=O) groups excluding carboxylic acids is 1. The van der Waals surface area contributed by atoms with Crippen molar-refractivity contribution >= 4 is 34.2 Å². The van der Waals surface area contributed by atoms with Gasteiger partial charge in [-0.1, -0.05) is 12.1 Å². The fraction of sp³-hybridized carbons (Fsp3) is 0.421. The Balaban J connectivity index is 0.00000240. The predicted molar refractivity (Wildman–Crippen MR) is 112 cm³/mol. The summed E-state index contributed by atoms with van der Waals surface area (Å²) in [6, 6.07) is 6.41. The molecule has 2 aliphatic rings. The third kappa shape index (κ3) is 4.36. The normalized spacial score (nSPS) is 18.4. The topological polar surface area (TPSA) is 86.7 Å². The van der Waals surface area contributed by atoms with Crippen LogP contribution in [0.15, 0.2) is 47.8 Å². The van der Waals surface area contributed by atoms with Crippen LogP contribution in [0, 0.1) is 0 Å². The zero-order valence-corrected chi connectivity index (χ0v) is 17.6. The molecule has 0 spiro atoms. The van der Waals surface area contributed by atoms with Gasteiger partial charge in [-0.15, -0.1) is 12.4 Å². The summed E-state index contributed by atoms with van der Waals surface area (Å²) in [6.07, 6.45) is 6.66. The van der Waals surface area contributed by atoms with Gasteiger partial charge in [0.15, 0.2) is 0 Å². The second-order valence-corrected chi connectivity index (χ2v) is 8.81. The van der Waals surface area contributed by atoms with Crippen LogP contribution in [0.3, 0.4) is 0 Å². The zero-order valence-electron chi connectivity index (χ0n) is 16.0. The van der Waals surface area contributed by atoms with Crippen LogP contribution in [0.5, 0.6) is 0 Å². The molecule has 0 N–H and O–H groups in total. The number of sulfonamides is 1. The van der Waals surface area contributed by atoms with E-state index in [9.17, 15) is 13.2 Å². The van der Waals surface area contributed by atoms with E-state index in [1.165, 1.54) is 6.07 Å². The fourth-order valence-electron chi connectivity index (χ4n) is 3.70. The minimum absolute atomic E-state index is 0. The third-order valence-electron chi connectivity index (χ3n) is 5.24. The van der Waals surface area contributed by atoms with E-state index in [0.717, 1.165) is 49.3 Å². The Kier molecular flexibility index (Phi) is 6.71. The monoisotopic (exact) mass is 437 g/mol. The Morgan fingerprint density at radius 1 is 0.966 bits per heavy atom. The maximum absolute atomic E-state index is 12.5. The summed E-state index contributed by atoms with van der Waals surface area (Å²) in [4.78, 5) is 25.6. The highest BCUT2D eigenvalue weighted by Crippen LogP contribution is 2.30. The van der Waals surface area contributed by atoms with Crippen molar-refractivity contribution < 1.29 is 13.2 Å². The number of nitrogens with zero attached hydrogens (tertiary/aromatic N) is 5. The van der Waals surface area contributed by atoms with Crippen molar-refractivity contribution in [2.75, 3.05) is 44.2 Å². The minimum atomic E-state index is -3.69. The van der Waals surface area contributed by atoms with E-state index >= 15 is 0 Å². The molecular weight excluding hydrogens is 414 g/mol. The molecular formula is C19H24ClN5O3S. The first-order chi connectivity index (χ1) is 13.6. The first-order valence-corrected chi connectivity index (χ1v) is 10.9. The quantitative estimate of drug-likeness (QED) is 0.635. The molecule has 0 unspecified atom stereocenters. The van der Waals surface area contributed by atoms with Crippen LogP contribution in [0.2, 0.25) is 0 Å². The summed E-state index contributed by atoms with van der Waals surface area (Å²) in [5.74, 6) is 0.493. The lowest BCUT2D eigenvalue weighted by molar-refractivity contribution is 0.0868. The molecule has 0 atom stereocenters. The summed E-state index contributed by atoms with van der Waals surface area (Å²) >= 11 is 0. The van der Waals surface area contributed by atoms with Crippen LogP contribution < -0.4 is 4.90 Å². The number of fused-ring (bicyclic) bond motifs is 1. The van der Waals surface area contributed by atoms with Gasteiger partial charge in [0, 0.05) is 45.1 Å². The van der Waals surface area contributed by atoms with Gasteiger partial charge in [0.1, 0.15) is 10.7 Å². The molecule has 8 nitrogen and oxygen atoms in total. The number of halogens is 1. The van der Waals surface area contributed by atoms with E-state index in [1.54, 1.807) is 36.8 Å². The fourth-order valence-corrected chi connectivity index (χ4v) is 5.31. The van der Waals surface area contributed by atoms with Crippen LogP contribution in [0.4, 0.5) is 5.82 Å². The van der Waals surface area contributed by atoms with Gasteiger partial charge in [0.2, 0.25) is 0 Å². The van der Waals surface area contributed by atoms with Crippen LogP contribution in [0.1, 0.15) is 23.2 Å². The SMILES string of the molecule is Cl.O=C1c2ccccc2S(=O)(=O)N1CCCCN1CCN(c2cnccn2)CC1. The van der Waals surface area contributed by atoms with Gasteiger partial charge >= 0.3 is 0 Å². The Morgan fingerprint density at radius 2 is 1.69 bits per heavy atom. The minimum Gasteiger partial charge on any atom is -0.353 e. The highest BCUT2D eigenvalue weighted by atomic mass is 35.5. The molecule has 2 aliphatic heterocycles. The zero-order chi connectivity index (χ0) is 19.6. The summed E-state index contributed by atoms with van der Waals surface area (Å²) in [5.41, 5.74) is 0.280. The van der Waals surface area contributed by atoms with Gasteiger partial charge in [-0.2, -0.15) is 0 Å². The number of amides is 1. The highest BCUT2D eigenvalue weighted by Gasteiger charge is 2.40. The summed E-state index contributed by atoms with van der Waals surface area (Å²) in [7, 11) is -3.69. The number of rotatable bonds is 6. The van der Waals surface area contributed by atoms with E-state index in [0.29, 0.717) is 6.42 Å². The van der Waals surface area contributed by atoms with Crippen LogP contribution >= 0.6 is 12.4 Å². The number of unbranched alkanes of at least 4 members (excludes halogenated alkanes) is 1. The van der Waals surface area contributed by atoms with Gasteiger partial charge in [-0.3, -0.25) is 14.7 Å². The molecule has 0 aliphatic carbocycles. The lowest BCUT2D eigenvalue weighted by Gasteiger charge is -2.35. The van der Waals surface area contributed by atoms with E-state index in [2.05, 4.69) is 19.8 Å². The van der Waals surface area contributed by atoms with Crippen molar-refractivity contribution in [3.63, 3.8) is 0 Å². The molecule has 1 aromatic heterocycles. The van der Waals surface area contributed by atoms with Gasteiger partial charge in [0.25, 0.3) is 15.9 Å². The molecule has 4 rings (SSSR count). The average Bonchev–Trinajstić information content (AvgIpc) is 2.93. The van der Waals surface area contributed by atoms with Gasteiger partial charge in [0.05, 0.1) is 11.8 Å². The smallest absolute Gasteiger partial charge is 0.269 e. The van der Waals surface area contributed by atoms with Crippen molar-refractivity contribution in [1.82, 2.24) is 19.2 Å². The van der Waals surface area contributed by atoms with Gasteiger partial charge in [-0.05, 0) is 31.5 Å². The predicted octanol–water partition coefficient (Wildman–Crippen LogP) is 1.65. The molecule has 2 aromatic rings. The number of hydrogen-bond donors (Lipinski definition) is 0. The number of hydrogen-bond acceptors (Lipinski definition) is 7. The summed E-state index contributed by atoms with van der Waals surface area (Å²) < 4.78 is 26.1. The van der Waals surface area contributed by atoms with Gasteiger partial charge < -0.3 is 4.90 Å². The molecule has 0 bridgehead atoms. The van der Waals surface area contributed by atoms with Crippen molar-refractivity contribution in [1.29, 1.82) is 0 Å². The van der Waals surface area contributed by atoms with Gasteiger partial charge in [-0.25, -0.2) is 17.7 Å². The molecule has 1 saturated heterocycles. The maximum Gasteiger partial charge on any atom is 0.269 e. The Labute approximate surface area is 177 Å². The van der Waals surface area contributed by atoms with Crippen LogP contribution in [-0.2, 0) is 10.0 Å². The van der Waals surface area contributed by atoms with Crippen molar-refractivity contribution in [3.05, 3.63) is 48.4 Å². The first kappa shape index (κ1) is 21.5. The van der Waals surface area contributed by atoms with Crippen molar-refractivity contribution in [3.8, 4) is 0 Å². The average molecular weight is 438 g/mol. The maximum atomic E-state index is 12.5. The molecule has 29 heavy (non-hydrogen) atoms. The molecule has 10 heteroatoms. The third-order valence-corrected chi connectivity index (χ3v) is 7.08. The largest absolute Gasteiger partial charge is 0.353 e. The van der Waals surface area contributed by atoms with Crippen LogP contribution in [0.25, 0.3) is 0 Å². The summed E-state index contributed by atoms with van der Waals surface area (Å²) in [5, 5.41) is 0. The number of aromatic nitrogens is 2. The molecule has 1 fully saturated rings. The standard InChI is InChI=1S/C19H23N5O3S.ClH/c25-19-16-5-1-2-6-17(16)28(26,27)24(19)10-4-3-9-22-11-13-23(14-12-22)18-15-20-7-8-21-18;/h1-2,5-8,15H,3-4,9-14H2;1H. The molecule has 0 radical (unpaired) electrons. The van der Waals surface area contributed by atoms with Crippen molar-refractivity contribution in [2.45, 2.75) is 17.7 Å². The van der Waals surface area contributed by atoms with E-state index in [4.69, 9.17) is 0 Å². The lowest BCUT2D eigenvalue weighted by atomic mass is 10.2. The Bertz CT molecular complexity index is 949. The van der Waals surface area contributed by atoms with E-state index < -0.39 is 15.9 Å². The Morgan fingerprint density at radius 3 is 2.38 bits per heavy atom. The second kappa shape index (κ2) is 9.06. The number of piperazine rings is 1. The first-order valence-electron chi connectivity index (χ1n) is 9.47. The highest BCUT2D eigenvalue weighted by molar-refractivity contribution is 7.90.